The summed E-state index contributed by atoms with van der Waals surface area (Å²) in [6.07, 6.45) is 5.30. The Bertz CT molecular complexity index is 1840. The van der Waals surface area contributed by atoms with Gasteiger partial charge in [0.05, 0.1) is 16.5 Å². The highest BCUT2D eigenvalue weighted by Crippen LogP contribution is 2.63. The van der Waals surface area contributed by atoms with Crippen molar-refractivity contribution in [2.75, 3.05) is 0 Å². The minimum Gasteiger partial charge on any atom is -0.193 e. The van der Waals surface area contributed by atoms with Gasteiger partial charge in [-0.2, -0.15) is 9.13 Å². The number of benzene rings is 3. The van der Waals surface area contributed by atoms with E-state index in [2.05, 4.69) is 140 Å². The van der Waals surface area contributed by atoms with Gasteiger partial charge in [0.2, 0.25) is 11.4 Å². The monoisotopic (exact) mass is 506 g/mol. The Balaban J connectivity index is 0.000000131. The van der Waals surface area contributed by atoms with Crippen molar-refractivity contribution in [1.29, 1.82) is 0 Å². The highest BCUT2D eigenvalue weighted by Gasteiger charge is 2.73. The summed E-state index contributed by atoms with van der Waals surface area (Å²) >= 11 is 0. The Morgan fingerprint density at radius 1 is 0.821 bits per heavy atom. The van der Waals surface area contributed by atoms with Gasteiger partial charge in [-0.3, -0.25) is 0 Å². The molecule has 39 heavy (non-hydrogen) atoms. The summed E-state index contributed by atoms with van der Waals surface area (Å²) in [5, 5.41) is 2.56. The van der Waals surface area contributed by atoms with Crippen LogP contribution in [0.1, 0.15) is 42.7 Å². The standard InChI is InChI=1S/C20H16N.C17H18N/c1-3-14(2)15-8-9-18-13-21-12-17-7-5-4-6-16(17)11-20(21)19(18)10-15;1-12-7-6-10-15-13-8-4-5-9-14(13)16(2)11-17(16,3)18(12)15/h3-12H,1-2,13H2;4-10H,11H2,1-3H3/q2*+1. The normalized spacial score (nSPS) is 20.9. The van der Waals surface area contributed by atoms with Crippen molar-refractivity contribution in [3.8, 4) is 22.5 Å². The predicted octanol–water partition coefficient (Wildman–Crippen LogP) is 7.69. The van der Waals surface area contributed by atoms with E-state index in [1.165, 1.54) is 56.5 Å². The van der Waals surface area contributed by atoms with Crippen molar-refractivity contribution >= 4 is 16.3 Å². The molecule has 2 unspecified atom stereocenters. The molecule has 5 aromatic rings. The van der Waals surface area contributed by atoms with Crippen LogP contribution < -0.4 is 9.13 Å². The van der Waals surface area contributed by atoms with Gasteiger partial charge < -0.3 is 0 Å². The van der Waals surface area contributed by atoms with Crippen LogP contribution >= 0.6 is 0 Å². The minimum atomic E-state index is 0.266. The van der Waals surface area contributed by atoms with E-state index in [-0.39, 0.29) is 5.54 Å². The van der Waals surface area contributed by atoms with E-state index in [4.69, 9.17) is 0 Å². The number of allylic oxidation sites excluding steroid dienone is 2. The van der Waals surface area contributed by atoms with Crippen LogP contribution in [-0.4, -0.2) is 0 Å². The third-order valence-corrected chi connectivity index (χ3v) is 9.47. The van der Waals surface area contributed by atoms with Crippen molar-refractivity contribution < 1.29 is 9.13 Å². The Kier molecular flexibility index (Phi) is 5.09. The van der Waals surface area contributed by atoms with E-state index in [9.17, 15) is 0 Å². The highest BCUT2D eigenvalue weighted by atomic mass is 15.2. The van der Waals surface area contributed by atoms with Crippen LogP contribution in [0.2, 0.25) is 0 Å². The van der Waals surface area contributed by atoms with Gasteiger partial charge >= 0.3 is 0 Å². The first-order chi connectivity index (χ1) is 18.8. The van der Waals surface area contributed by atoms with Crippen molar-refractivity contribution in [2.24, 2.45) is 0 Å². The lowest BCUT2D eigenvalue weighted by atomic mass is 9.84. The summed E-state index contributed by atoms with van der Waals surface area (Å²) in [5.41, 5.74) is 12.3. The van der Waals surface area contributed by atoms with Crippen molar-refractivity contribution in [2.45, 2.75) is 44.7 Å². The maximum Gasteiger partial charge on any atom is 0.213 e. The number of fused-ring (bicyclic) bond motifs is 10. The molecule has 2 nitrogen and oxygen atoms in total. The molecule has 1 aliphatic carbocycles. The van der Waals surface area contributed by atoms with Gasteiger partial charge in [0, 0.05) is 49.4 Å². The molecule has 2 heteroatoms. The summed E-state index contributed by atoms with van der Waals surface area (Å²) in [4.78, 5) is 0. The Labute approximate surface area is 231 Å². The van der Waals surface area contributed by atoms with Crippen molar-refractivity contribution in [1.82, 2.24) is 0 Å². The van der Waals surface area contributed by atoms with Crippen LogP contribution in [0.15, 0.2) is 116 Å². The molecule has 4 heterocycles. The molecule has 190 valence electrons. The lowest BCUT2D eigenvalue weighted by Gasteiger charge is -2.26. The summed E-state index contributed by atoms with van der Waals surface area (Å²) in [5.74, 6) is 0. The van der Waals surface area contributed by atoms with Crippen molar-refractivity contribution in [3.63, 3.8) is 0 Å². The zero-order chi connectivity index (χ0) is 26.9. The van der Waals surface area contributed by atoms with Crippen LogP contribution in [-0.2, 0) is 17.5 Å². The van der Waals surface area contributed by atoms with Gasteiger partial charge in [0.25, 0.3) is 0 Å². The number of nitrogens with zero attached hydrogens (tertiary/aromatic N) is 2. The van der Waals surface area contributed by atoms with E-state index < -0.39 is 0 Å². The largest absolute Gasteiger partial charge is 0.213 e. The van der Waals surface area contributed by atoms with Gasteiger partial charge in [0.1, 0.15) is 0 Å². The summed E-state index contributed by atoms with van der Waals surface area (Å²) < 4.78 is 4.88. The van der Waals surface area contributed by atoms with Gasteiger partial charge in [-0.05, 0) is 53.3 Å². The van der Waals surface area contributed by atoms with Crippen LogP contribution in [0.4, 0.5) is 0 Å². The number of pyridine rings is 2. The first-order valence-corrected chi connectivity index (χ1v) is 13.8. The molecule has 3 aromatic carbocycles. The molecule has 8 rings (SSSR count). The van der Waals surface area contributed by atoms with E-state index >= 15 is 0 Å². The molecule has 0 radical (unpaired) electrons. The van der Waals surface area contributed by atoms with Crippen LogP contribution in [0.3, 0.4) is 0 Å². The topological polar surface area (TPSA) is 7.76 Å². The Hall–Kier alpha value is -4.30. The maximum atomic E-state index is 4.05. The molecule has 0 saturated heterocycles. The predicted molar refractivity (Wildman–Crippen MR) is 160 cm³/mol. The first-order valence-electron chi connectivity index (χ1n) is 13.8. The summed E-state index contributed by atoms with van der Waals surface area (Å²) in [7, 11) is 0. The Morgan fingerprint density at radius 3 is 2.41 bits per heavy atom. The quantitative estimate of drug-likeness (QED) is 0.168. The average Bonchev–Trinajstić information content (AvgIpc) is 3.39. The first kappa shape index (κ1) is 23.8. The molecular formula is C37H34N2+2. The van der Waals surface area contributed by atoms with E-state index in [0.29, 0.717) is 5.41 Å². The average molecular weight is 507 g/mol. The summed E-state index contributed by atoms with van der Waals surface area (Å²) in [6, 6.07) is 32.9. The second kappa shape index (κ2) is 8.35. The molecule has 0 N–H and O–H groups in total. The SMILES string of the molecule is C=CC(=C)c1ccc2c(c1)-c1cc3ccccc3c[n+]1C2.Cc1cccc2[n+]1C1(C)CC1(C)c1ccccc1-2. The molecule has 1 fully saturated rings. The number of rotatable bonds is 2. The molecule has 2 aliphatic heterocycles. The fraction of sp³-hybridized carbons (Fsp3) is 0.189. The molecule has 0 spiro atoms. The fourth-order valence-electron chi connectivity index (χ4n) is 7.07. The molecular weight excluding hydrogens is 472 g/mol. The van der Waals surface area contributed by atoms with E-state index in [1.807, 2.05) is 6.08 Å². The lowest BCUT2D eigenvalue weighted by molar-refractivity contribution is -0.736. The smallest absolute Gasteiger partial charge is 0.193 e. The Morgan fingerprint density at radius 2 is 1.59 bits per heavy atom. The number of hydrogen-bond acceptors (Lipinski definition) is 0. The zero-order valence-corrected chi connectivity index (χ0v) is 23.0. The second-order valence-corrected chi connectivity index (χ2v) is 11.7. The van der Waals surface area contributed by atoms with Gasteiger partial charge in [-0.1, -0.05) is 67.8 Å². The van der Waals surface area contributed by atoms with Crippen LogP contribution in [0.5, 0.6) is 0 Å². The number of hydrogen-bond donors (Lipinski definition) is 0. The lowest BCUT2D eigenvalue weighted by Crippen LogP contribution is -2.54. The molecule has 0 bridgehead atoms. The molecule has 2 atom stereocenters. The fourth-order valence-corrected chi connectivity index (χ4v) is 7.07. The third kappa shape index (κ3) is 3.41. The maximum absolute atomic E-state index is 4.05. The zero-order valence-electron chi connectivity index (χ0n) is 23.0. The van der Waals surface area contributed by atoms with E-state index in [1.54, 1.807) is 0 Å². The second-order valence-electron chi connectivity index (χ2n) is 11.7. The molecule has 2 aromatic heterocycles. The highest BCUT2D eigenvalue weighted by molar-refractivity contribution is 5.85. The molecule has 1 saturated carbocycles. The number of aromatic nitrogens is 2. The van der Waals surface area contributed by atoms with Gasteiger partial charge in [-0.25, -0.2) is 0 Å². The van der Waals surface area contributed by atoms with Crippen molar-refractivity contribution in [3.05, 3.63) is 139 Å². The molecule has 3 aliphatic rings. The van der Waals surface area contributed by atoms with E-state index in [0.717, 1.165) is 17.7 Å². The minimum absolute atomic E-state index is 0.266. The third-order valence-electron chi connectivity index (χ3n) is 9.47. The van der Waals surface area contributed by atoms with Crippen LogP contribution in [0.25, 0.3) is 38.9 Å². The van der Waals surface area contributed by atoms with Crippen LogP contribution in [0, 0.1) is 6.92 Å². The van der Waals surface area contributed by atoms with Gasteiger partial charge in [0.15, 0.2) is 24.0 Å². The summed E-state index contributed by atoms with van der Waals surface area (Å²) in [6.45, 7) is 15.8. The molecule has 0 amide bonds. The number of aryl methyl sites for hydroxylation is 1. The van der Waals surface area contributed by atoms with Gasteiger partial charge in [-0.15, -0.1) is 0 Å².